The number of nitrogens with one attached hydrogen (secondary N) is 7. The third-order valence-electron chi connectivity index (χ3n) is 11.8. The molecular formula is C46H76F2N16O11. The molecule has 1 aromatic carbocycles. The molecule has 2 rings (SSSR count). The molecule has 1 aromatic rings. The molecule has 8 amide bonds. The van der Waals surface area contributed by atoms with Gasteiger partial charge in [-0.25, -0.2) is 13.6 Å². The lowest BCUT2D eigenvalue weighted by atomic mass is 10.0. The van der Waals surface area contributed by atoms with Crippen molar-refractivity contribution in [1.29, 1.82) is 0 Å². The molecule has 420 valence electrons. The second-order valence-corrected chi connectivity index (χ2v) is 17.7. The molecule has 0 aromatic heterocycles. The summed E-state index contributed by atoms with van der Waals surface area (Å²) in [6.45, 7) is 0.853. The molecule has 23 N–H and O–H groups in total. The Labute approximate surface area is 433 Å². The third-order valence-corrected chi connectivity index (χ3v) is 11.8. The van der Waals surface area contributed by atoms with E-state index in [1.165, 1.54) is 17.9 Å². The Hall–Kier alpha value is -6.92. The molecule has 0 radical (unpaired) electrons. The van der Waals surface area contributed by atoms with Crippen molar-refractivity contribution < 1.29 is 62.1 Å². The lowest BCUT2D eigenvalue weighted by Crippen LogP contribution is -2.60. The van der Waals surface area contributed by atoms with Crippen molar-refractivity contribution in [2.45, 2.75) is 132 Å². The van der Waals surface area contributed by atoms with Gasteiger partial charge in [0, 0.05) is 26.1 Å². The first-order chi connectivity index (χ1) is 35.6. The van der Waals surface area contributed by atoms with Crippen molar-refractivity contribution in [3.63, 3.8) is 0 Å². The van der Waals surface area contributed by atoms with Crippen molar-refractivity contribution >= 4 is 59.2 Å². The number of nitrogens with two attached hydrogens (primary N) is 7. The number of carboxylic acid groups (broad SMARTS) is 1. The van der Waals surface area contributed by atoms with Gasteiger partial charge in [-0.2, -0.15) is 0 Å². The van der Waals surface area contributed by atoms with Gasteiger partial charge in [-0.05, 0) is 108 Å². The molecule has 1 unspecified atom stereocenters. The number of guanidine groups is 1. The Kier molecular flexibility index (Phi) is 28.9. The van der Waals surface area contributed by atoms with Crippen LogP contribution in [0.4, 0.5) is 8.78 Å². The van der Waals surface area contributed by atoms with E-state index in [4.69, 9.17) is 40.1 Å². The average molecular weight is 1070 g/mol. The fraction of sp³-hybridized carbons (Fsp3) is 0.609. The summed E-state index contributed by atoms with van der Waals surface area (Å²) in [5.74, 6) is -11.1. The molecule has 75 heavy (non-hydrogen) atoms. The highest BCUT2D eigenvalue weighted by molar-refractivity contribution is 5.99. The number of likely N-dealkylation sites (tertiary alicyclic amines) is 1. The lowest BCUT2D eigenvalue weighted by Gasteiger charge is -2.30. The van der Waals surface area contributed by atoms with Crippen LogP contribution in [0.15, 0.2) is 35.0 Å². The molecule has 0 saturated carbocycles. The zero-order valence-electron chi connectivity index (χ0n) is 42.1. The van der Waals surface area contributed by atoms with E-state index < -0.39 is 138 Å². The maximum atomic E-state index is 14.4. The summed E-state index contributed by atoms with van der Waals surface area (Å²) in [7, 11) is 0. The SMILES string of the molecule is C[C@H](NC(=O)[C@@H](NC(=O)[C@@H](N)CCCCN)[C@@H](O)CN)C(=O)NCC(=O)N[C@H](CCCN)C(=O)N1CCC[C@H]1C(=O)NC(Cc1ccc(F)c(F)c1)C(=O)N[C@@H](CCCCN)C(=O)N/C(=C\CCN=C(N)N)C(=O)O. The van der Waals surface area contributed by atoms with Gasteiger partial charge in [0.1, 0.15) is 41.9 Å². The minimum atomic E-state index is -1.59. The summed E-state index contributed by atoms with van der Waals surface area (Å²) in [4.78, 5) is 125. The van der Waals surface area contributed by atoms with Gasteiger partial charge in [-0.3, -0.25) is 43.3 Å². The van der Waals surface area contributed by atoms with Crippen LogP contribution < -0.4 is 77.4 Å². The van der Waals surface area contributed by atoms with Gasteiger partial charge >= 0.3 is 5.97 Å². The second kappa shape index (κ2) is 33.8. The molecule has 1 aliphatic rings. The Morgan fingerprint density at radius 1 is 0.773 bits per heavy atom. The molecule has 0 spiro atoms. The highest BCUT2D eigenvalue weighted by Crippen LogP contribution is 2.21. The summed E-state index contributed by atoms with van der Waals surface area (Å²) in [5, 5.41) is 37.1. The zero-order chi connectivity index (χ0) is 56.2. The number of rotatable bonds is 34. The number of hydrogen-bond acceptors (Lipinski definition) is 16. The zero-order valence-corrected chi connectivity index (χ0v) is 42.1. The van der Waals surface area contributed by atoms with E-state index in [-0.39, 0.29) is 82.6 Å². The van der Waals surface area contributed by atoms with E-state index in [1.807, 2.05) is 0 Å². The first-order valence-electron chi connectivity index (χ1n) is 24.6. The van der Waals surface area contributed by atoms with Crippen molar-refractivity contribution in [2.24, 2.45) is 45.1 Å². The van der Waals surface area contributed by atoms with E-state index in [9.17, 15) is 62.1 Å². The molecule has 1 saturated heterocycles. The van der Waals surface area contributed by atoms with E-state index >= 15 is 0 Å². The number of aliphatic carboxylic acids is 1. The summed E-state index contributed by atoms with van der Waals surface area (Å²) >= 11 is 0. The fourth-order valence-electron chi connectivity index (χ4n) is 7.62. The standard InChI is InChI=1S/C46H76F2N16O11/c1-25(58-43(72)37(35(65)23-52)63-39(68)29(53)9-2-4-16-49)38(67)57-24-36(66)59-31(11-6-18-51)44(73)64-20-8-13-34(64)42(71)62-33(22-26-14-15-27(47)28(48)21-26)41(70)60-30(10-3-5-17-50)40(69)61-32(45(74)75)12-7-19-56-46(54)55/h12,14-15,21,25,29-31,33-35,37,65H,2-11,13,16-20,22-24,49-53H2,1H3,(H,57,67)(H,58,72)(H,59,66)(H,60,70)(H,61,69)(H,62,71)(H,63,68)(H,74,75)(H4,54,55,56)/b32-12-/t25-,29-,30-,31+,33?,34-,35-,37-/m0/s1. The third kappa shape index (κ3) is 22.6. The van der Waals surface area contributed by atoms with Crippen LogP contribution in [-0.4, -0.2) is 169 Å². The maximum absolute atomic E-state index is 14.4. The molecule has 1 fully saturated rings. The van der Waals surface area contributed by atoms with E-state index in [0.29, 0.717) is 32.2 Å². The van der Waals surface area contributed by atoms with Crippen molar-refractivity contribution in [2.75, 3.05) is 45.8 Å². The summed E-state index contributed by atoms with van der Waals surface area (Å²) in [6, 6.07) is -6.64. The van der Waals surface area contributed by atoms with Crippen molar-refractivity contribution in [3.8, 4) is 0 Å². The van der Waals surface area contributed by atoms with Gasteiger partial charge in [0.2, 0.25) is 47.3 Å². The van der Waals surface area contributed by atoms with Crippen LogP contribution in [0.1, 0.15) is 83.1 Å². The fourth-order valence-corrected chi connectivity index (χ4v) is 7.62. The van der Waals surface area contributed by atoms with E-state index in [2.05, 4.69) is 42.2 Å². The number of unbranched alkanes of at least 4 members (excludes halogenated alkanes) is 2. The number of amides is 8. The Morgan fingerprint density at radius 3 is 2.04 bits per heavy atom. The van der Waals surface area contributed by atoms with Gasteiger partial charge in [0.25, 0.3) is 0 Å². The summed E-state index contributed by atoms with van der Waals surface area (Å²) in [5.41, 5.74) is 38.5. The Morgan fingerprint density at radius 2 is 1.43 bits per heavy atom. The smallest absolute Gasteiger partial charge is 0.352 e. The molecule has 0 aliphatic carbocycles. The number of nitrogens with zero attached hydrogens (tertiary/aromatic N) is 2. The summed E-state index contributed by atoms with van der Waals surface area (Å²) < 4.78 is 28.4. The summed E-state index contributed by atoms with van der Waals surface area (Å²) in [6.07, 6.45) is 1.79. The monoisotopic (exact) mass is 1070 g/mol. The lowest BCUT2D eigenvalue weighted by molar-refractivity contribution is -0.142. The number of aliphatic imine (C=N–C) groups is 1. The van der Waals surface area contributed by atoms with Gasteiger partial charge in [-0.15, -0.1) is 0 Å². The number of hydrogen-bond donors (Lipinski definition) is 16. The number of carbonyl (C=O) groups is 9. The first kappa shape index (κ1) is 64.2. The normalized spacial score (nSPS) is 16.1. The highest BCUT2D eigenvalue weighted by atomic mass is 19.2. The first-order valence-corrected chi connectivity index (χ1v) is 24.6. The topological polar surface area (TPSA) is 476 Å². The van der Waals surface area contributed by atoms with Crippen molar-refractivity contribution in [1.82, 2.24) is 42.1 Å². The Balaban J connectivity index is 2.28. The molecule has 27 nitrogen and oxygen atoms in total. The van der Waals surface area contributed by atoms with Crippen LogP contribution in [0.2, 0.25) is 0 Å². The van der Waals surface area contributed by atoms with Crippen LogP contribution in [0.5, 0.6) is 0 Å². The van der Waals surface area contributed by atoms with Crippen LogP contribution in [0.3, 0.4) is 0 Å². The van der Waals surface area contributed by atoms with Crippen LogP contribution in [0, 0.1) is 11.6 Å². The van der Waals surface area contributed by atoms with Crippen molar-refractivity contribution in [3.05, 3.63) is 47.2 Å². The van der Waals surface area contributed by atoms with Crippen LogP contribution >= 0.6 is 0 Å². The van der Waals surface area contributed by atoms with E-state index in [0.717, 1.165) is 18.2 Å². The van der Waals surface area contributed by atoms with Gasteiger partial charge in [0.05, 0.1) is 18.7 Å². The molecule has 29 heteroatoms. The number of halogens is 2. The quantitative estimate of drug-likeness (QED) is 0.0132. The maximum Gasteiger partial charge on any atom is 0.352 e. The van der Waals surface area contributed by atoms with E-state index in [1.54, 1.807) is 0 Å². The number of carbonyl (C=O) groups excluding carboxylic acids is 8. The highest BCUT2D eigenvalue weighted by Gasteiger charge is 2.40. The number of aliphatic hydroxyl groups excluding tert-OH is 1. The minimum Gasteiger partial charge on any atom is -0.477 e. The second-order valence-electron chi connectivity index (χ2n) is 17.7. The molecule has 1 heterocycles. The molecule has 8 atom stereocenters. The predicted molar refractivity (Wildman–Crippen MR) is 269 cm³/mol. The van der Waals surface area contributed by atoms with Gasteiger partial charge in [-0.1, -0.05) is 18.6 Å². The number of carboxylic acids is 1. The number of aliphatic hydroxyl groups is 1. The largest absolute Gasteiger partial charge is 0.477 e. The van der Waals surface area contributed by atoms with Gasteiger partial charge in [0.15, 0.2) is 17.6 Å². The van der Waals surface area contributed by atoms with Gasteiger partial charge < -0.3 is 92.5 Å². The molecule has 1 aliphatic heterocycles. The van der Waals surface area contributed by atoms with Crippen LogP contribution in [-0.2, 0) is 49.6 Å². The predicted octanol–water partition coefficient (Wildman–Crippen LogP) is -5.55. The minimum absolute atomic E-state index is 0.00280. The number of benzene rings is 1. The van der Waals surface area contributed by atoms with Crippen LogP contribution in [0.25, 0.3) is 0 Å². The molecular weight excluding hydrogens is 991 g/mol. The molecule has 0 bridgehead atoms. The Bertz CT molecular complexity index is 2170. The average Bonchev–Trinajstić information content (AvgIpc) is 3.87.